The van der Waals surface area contributed by atoms with E-state index in [9.17, 15) is 4.79 Å². The van der Waals surface area contributed by atoms with Gasteiger partial charge in [0.25, 0.3) is 0 Å². The highest BCUT2D eigenvalue weighted by Gasteiger charge is 2.41. The van der Waals surface area contributed by atoms with Crippen molar-refractivity contribution >= 4 is 17.6 Å². The van der Waals surface area contributed by atoms with Gasteiger partial charge in [-0.1, -0.05) is 0 Å². The molecule has 2 aliphatic rings. The molecule has 2 rings (SSSR count). The number of alkyl halides is 1. The van der Waals surface area contributed by atoms with Gasteiger partial charge in [0.05, 0.1) is 0 Å². The van der Waals surface area contributed by atoms with E-state index >= 15 is 0 Å². The lowest BCUT2D eigenvalue weighted by molar-refractivity contribution is -0.146. The third-order valence-corrected chi connectivity index (χ3v) is 3.14. The largest absolute Gasteiger partial charge is 0.461 e. The van der Waals surface area contributed by atoms with Crippen LogP contribution in [0.5, 0.6) is 0 Å². The van der Waals surface area contributed by atoms with Gasteiger partial charge in [0.1, 0.15) is 6.10 Å². The summed E-state index contributed by atoms with van der Waals surface area (Å²) in [5, 5.41) is 3.66. The maximum atomic E-state index is 10.8. The fourth-order valence-corrected chi connectivity index (χ4v) is 2.74. The van der Waals surface area contributed by atoms with Crippen molar-refractivity contribution in [3.05, 3.63) is 0 Å². The van der Waals surface area contributed by atoms with Crippen LogP contribution < -0.4 is 5.32 Å². The highest BCUT2D eigenvalue weighted by Crippen LogP contribution is 2.31. The van der Waals surface area contributed by atoms with Crippen molar-refractivity contribution in [1.29, 1.82) is 0 Å². The minimum atomic E-state index is -0.189. The molecule has 2 bridgehead atoms. The van der Waals surface area contributed by atoms with Crippen LogP contribution in [0, 0.1) is 0 Å². The molecule has 0 aromatic rings. The Kier molecular flexibility index (Phi) is 2.47. The summed E-state index contributed by atoms with van der Waals surface area (Å²) >= 11 is 6.07. The van der Waals surface area contributed by atoms with E-state index < -0.39 is 0 Å². The van der Waals surface area contributed by atoms with Gasteiger partial charge in [0.2, 0.25) is 0 Å². The molecule has 4 atom stereocenters. The Hall–Kier alpha value is -0.280. The van der Waals surface area contributed by atoms with Crippen LogP contribution in [0.4, 0.5) is 0 Å². The number of fused-ring (bicyclic) bond motifs is 2. The van der Waals surface area contributed by atoms with Crippen LogP contribution >= 0.6 is 11.6 Å². The maximum absolute atomic E-state index is 10.8. The first kappa shape index (κ1) is 9.28. The summed E-state index contributed by atoms with van der Waals surface area (Å²) in [7, 11) is 0. The van der Waals surface area contributed by atoms with Gasteiger partial charge in [-0.3, -0.25) is 4.79 Å². The number of carbonyl (C=O) groups is 1. The van der Waals surface area contributed by atoms with Gasteiger partial charge in [0, 0.05) is 30.8 Å². The van der Waals surface area contributed by atoms with Crippen molar-refractivity contribution in [2.24, 2.45) is 0 Å². The smallest absolute Gasteiger partial charge is 0.302 e. The Morgan fingerprint density at radius 3 is 2.92 bits per heavy atom. The highest BCUT2D eigenvalue weighted by molar-refractivity contribution is 6.20. The van der Waals surface area contributed by atoms with E-state index in [-0.39, 0.29) is 23.5 Å². The first-order valence-electron chi connectivity index (χ1n) is 4.72. The Balaban J connectivity index is 1.97. The average molecular weight is 204 g/mol. The summed E-state index contributed by atoms with van der Waals surface area (Å²) in [6.45, 7) is 1.46. The maximum Gasteiger partial charge on any atom is 0.302 e. The van der Waals surface area contributed by atoms with Crippen LogP contribution in [0.1, 0.15) is 26.2 Å². The molecule has 2 heterocycles. The Morgan fingerprint density at radius 1 is 1.46 bits per heavy atom. The molecule has 2 fully saturated rings. The number of halogens is 1. The summed E-state index contributed by atoms with van der Waals surface area (Å²) in [6.07, 6.45) is 2.88. The topological polar surface area (TPSA) is 38.3 Å². The molecule has 0 spiro atoms. The average Bonchev–Trinajstić information content (AvgIpc) is 2.25. The normalized spacial score (nSPS) is 43.2. The van der Waals surface area contributed by atoms with E-state index in [0.29, 0.717) is 6.04 Å². The predicted octanol–water partition coefficient (Wildman–Crippen LogP) is 1.05. The molecule has 0 amide bonds. The zero-order chi connectivity index (χ0) is 9.42. The zero-order valence-electron chi connectivity index (χ0n) is 7.63. The van der Waals surface area contributed by atoms with Crippen molar-refractivity contribution < 1.29 is 9.53 Å². The van der Waals surface area contributed by atoms with Crippen LogP contribution in [0.3, 0.4) is 0 Å². The molecule has 0 aromatic carbocycles. The van der Waals surface area contributed by atoms with E-state index in [1.807, 2.05) is 0 Å². The second-order valence-electron chi connectivity index (χ2n) is 3.92. The van der Waals surface area contributed by atoms with E-state index in [0.717, 1.165) is 19.3 Å². The van der Waals surface area contributed by atoms with Gasteiger partial charge in [-0.25, -0.2) is 0 Å². The minimum absolute atomic E-state index is 0.0475. The quantitative estimate of drug-likeness (QED) is 0.512. The molecule has 2 saturated heterocycles. The molecule has 13 heavy (non-hydrogen) atoms. The van der Waals surface area contributed by atoms with Crippen LogP contribution in [0.15, 0.2) is 0 Å². The zero-order valence-corrected chi connectivity index (χ0v) is 8.38. The molecule has 2 aliphatic heterocycles. The van der Waals surface area contributed by atoms with Crippen molar-refractivity contribution in [3.63, 3.8) is 0 Å². The molecule has 3 nitrogen and oxygen atoms in total. The number of esters is 1. The van der Waals surface area contributed by atoms with E-state index in [1.165, 1.54) is 6.92 Å². The molecule has 4 unspecified atom stereocenters. The molecule has 4 heteroatoms. The van der Waals surface area contributed by atoms with Crippen LogP contribution in [0.2, 0.25) is 0 Å². The second-order valence-corrected chi connectivity index (χ2v) is 4.54. The monoisotopic (exact) mass is 203 g/mol. The Bertz CT molecular complexity index is 222. The number of rotatable bonds is 1. The molecule has 0 aromatic heterocycles. The molecular formula is C9H14ClNO2. The van der Waals surface area contributed by atoms with Crippen LogP contribution in [0.25, 0.3) is 0 Å². The lowest BCUT2D eigenvalue weighted by atomic mass is 10.1. The van der Waals surface area contributed by atoms with Gasteiger partial charge in [-0.15, -0.1) is 11.6 Å². The fraction of sp³-hybridized carbons (Fsp3) is 0.889. The number of nitrogens with one attached hydrogen (secondary N) is 1. The summed E-state index contributed by atoms with van der Waals surface area (Å²) in [5.41, 5.74) is 0. The molecule has 0 aliphatic carbocycles. The van der Waals surface area contributed by atoms with E-state index in [4.69, 9.17) is 16.3 Å². The minimum Gasteiger partial charge on any atom is -0.461 e. The molecular weight excluding hydrogens is 190 g/mol. The molecule has 1 N–H and O–H groups in total. The summed E-state index contributed by atoms with van der Waals surface area (Å²) < 4.78 is 5.21. The van der Waals surface area contributed by atoms with Gasteiger partial charge in [0.15, 0.2) is 0 Å². The molecule has 0 radical (unpaired) electrons. The lowest BCUT2D eigenvalue weighted by Crippen LogP contribution is -2.41. The van der Waals surface area contributed by atoms with E-state index in [1.54, 1.807) is 0 Å². The number of ether oxygens (including phenoxy) is 1. The van der Waals surface area contributed by atoms with Crippen molar-refractivity contribution in [2.45, 2.75) is 49.8 Å². The lowest BCUT2D eigenvalue weighted by Gasteiger charge is -2.25. The van der Waals surface area contributed by atoms with Crippen LogP contribution in [-0.4, -0.2) is 29.5 Å². The van der Waals surface area contributed by atoms with Crippen molar-refractivity contribution in [2.75, 3.05) is 0 Å². The van der Waals surface area contributed by atoms with Crippen LogP contribution in [-0.2, 0) is 9.53 Å². The first-order valence-corrected chi connectivity index (χ1v) is 5.16. The van der Waals surface area contributed by atoms with Crippen molar-refractivity contribution in [3.8, 4) is 0 Å². The SMILES string of the molecule is CC(=O)OC1CC2CC(Cl)CC1N2. The first-order chi connectivity index (χ1) is 6.15. The summed E-state index contributed by atoms with van der Waals surface area (Å²) in [4.78, 5) is 10.8. The van der Waals surface area contributed by atoms with Gasteiger partial charge < -0.3 is 10.1 Å². The molecule has 0 saturated carbocycles. The number of carbonyl (C=O) groups excluding carboxylic acids is 1. The number of hydrogen-bond acceptors (Lipinski definition) is 3. The van der Waals surface area contributed by atoms with Gasteiger partial charge in [-0.05, 0) is 12.8 Å². The van der Waals surface area contributed by atoms with E-state index in [2.05, 4.69) is 5.32 Å². The fourth-order valence-electron chi connectivity index (χ4n) is 2.33. The number of hydrogen-bond donors (Lipinski definition) is 1. The van der Waals surface area contributed by atoms with Crippen molar-refractivity contribution in [1.82, 2.24) is 5.32 Å². The predicted molar refractivity (Wildman–Crippen MR) is 49.8 cm³/mol. The summed E-state index contributed by atoms with van der Waals surface area (Å²) in [5.74, 6) is -0.189. The Morgan fingerprint density at radius 2 is 2.23 bits per heavy atom. The third kappa shape index (κ3) is 1.97. The highest BCUT2D eigenvalue weighted by atomic mass is 35.5. The van der Waals surface area contributed by atoms with Gasteiger partial charge in [-0.2, -0.15) is 0 Å². The second kappa shape index (κ2) is 3.46. The summed E-state index contributed by atoms with van der Waals surface area (Å²) in [6, 6.07) is 0.732. The standard InChI is InChI=1S/C9H14ClNO2/c1-5(12)13-9-4-7-2-6(10)3-8(9)11-7/h6-9,11H,2-4H2,1H3. The van der Waals surface area contributed by atoms with Gasteiger partial charge >= 0.3 is 5.97 Å². The Labute approximate surface area is 82.8 Å². The third-order valence-electron chi connectivity index (χ3n) is 2.78. The number of piperidine rings is 1. The molecule has 74 valence electrons.